The van der Waals surface area contributed by atoms with Crippen molar-refractivity contribution in [3.8, 4) is 22.7 Å². The molecule has 0 amide bonds. The van der Waals surface area contributed by atoms with E-state index in [1.165, 1.54) is 26.2 Å². The first kappa shape index (κ1) is 22.1. The maximum atomic E-state index is 13.0. The molecule has 12 heteroatoms. The summed E-state index contributed by atoms with van der Waals surface area (Å²) in [5, 5.41) is 20.3. The van der Waals surface area contributed by atoms with Crippen molar-refractivity contribution in [2.75, 3.05) is 7.11 Å². The van der Waals surface area contributed by atoms with Crippen LogP contribution < -0.4 is 20.4 Å². The lowest BCUT2D eigenvalue weighted by Gasteiger charge is -2.04. The van der Waals surface area contributed by atoms with Crippen LogP contribution in [-0.4, -0.2) is 36.4 Å². The summed E-state index contributed by atoms with van der Waals surface area (Å²) in [5.74, 6) is 0.121. The Bertz CT molecular complexity index is 1770. The number of nitro benzene ring substituents is 1. The molecule has 11 nitrogen and oxygen atoms in total. The first-order chi connectivity index (χ1) is 16.9. The Kier molecular flexibility index (Phi) is 5.41. The molecule has 0 aliphatic rings. The van der Waals surface area contributed by atoms with Gasteiger partial charge in [-0.1, -0.05) is 29.5 Å². The number of nitro groups is 1. The zero-order valence-corrected chi connectivity index (χ0v) is 19.2. The van der Waals surface area contributed by atoms with E-state index in [-0.39, 0.29) is 26.6 Å². The molecule has 3 aromatic heterocycles. The number of methoxy groups -OCH3 is 1. The van der Waals surface area contributed by atoms with Crippen LogP contribution in [-0.2, 0) is 0 Å². The van der Waals surface area contributed by atoms with Crippen LogP contribution in [0.25, 0.3) is 28.0 Å². The third-order valence-corrected chi connectivity index (χ3v) is 6.20. The van der Waals surface area contributed by atoms with Gasteiger partial charge < -0.3 is 4.74 Å². The van der Waals surface area contributed by atoms with E-state index in [4.69, 9.17) is 4.74 Å². The van der Waals surface area contributed by atoms with Crippen molar-refractivity contribution >= 4 is 28.1 Å². The maximum Gasteiger partial charge on any atom is 0.311 e. The highest BCUT2D eigenvalue weighted by atomic mass is 32.1. The van der Waals surface area contributed by atoms with Gasteiger partial charge in [-0.25, -0.2) is 4.68 Å². The van der Waals surface area contributed by atoms with Crippen LogP contribution in [0.1, 0.15) is 11.3 Å². The predicted octanol–water partition coefficient (Wildman–Crippen LogP) is 2.14. The SMILES string of the molecule is COc1ccc(-c2nn(-c3ccccc3)cc2/C=c2\sc3nc(=O)c(C)nn3c2=O)cc1[N+](=O)[O-]. The van der Waals surface area contributed by atoms with Crippen molar-refractivity contribution in [1.82, 2.24) is 24.4 Å². The normalized spacial score (nSPS) is 11.8. The lowest BCUT2D eigenvalue weighted by molar-refractivity contribution is -0.385. The fourth-order valence-electron chi connectivity index (χ4n) is 3.54. The van der Waals surface area contributed by atoms with Crippen LogP contribution in [0, 0.1) is 17.0 Å². The Morgan fingerprint density at radius 3 is 2.60 bits per heavy atom. The van der Waals surface area contributed by atoms with Gasteiger partial charge in [-0.3, -0.25) is 19.7 Å². The van der Waals surface area contributed by atoms with Gasteiger partial charge in [0.05, 0.1) is 22.3 Å². The molecule has 0 saturated carbocycles. The standard InChI is InChI=1S/C23H16N6O5S/c1-13-21(30)24-23-28(25-13)22(31)19(35-23)11-15-12-27(16-6-4-3-5-7-16)26-20(15)14-8-9-18(34-2)17(10-14)29(32)33/h3-12H,1-2H3/b19-11-. The summed E-state index contributed by atoms with van der Waals surface area (Å²) < 4.78 is 8.11. The molecule has 0 radical (unpaired) electrons. The van der Waals surface area contributed by atoms with Crippen LogP contribution >= 0.6 is 11.3 Å². The zero-order valence-electron chi connectivity index (χ0n) is 18.4. The van der Waals surface area contributed by atoms with Crippen LogP contribution in [0.5, 0.6) is 5.75 Å². The fourth-order valence-corrected chi connectivity index (χ4v) is 4.43. The molecule has 0 N–H and O–H groups in total. The molecule has 5 aromatic rings. The summed E-state index contributed by atoms with van der Waals surface area (Å²) in [4.78, 5) is 40.0. The highest BCUT2D eigenvalue weighted by molar-refractivity contribution is 7.15. The van der Waals surface area contributed by atoms with Gasteiger partial charge in [0.2, 0.25) is 4.96 Å². The second-order valence-electron chi connectivity index (χ2n) is 7.47. The smallest absolute Gasteiger partial charge is 0.311 e. The van der Waals surface area contributed by atoms with Crippen molar-refractivity contribution in [3.05, 3.63) is 101 Å². The minimum Gasteiger partial charge on any atom is -0.490 e. The van der Waals surface area contributed by atoms with E-state index < -0.39 is 16.0 Å². The van der Waals surface area contributed by atoms with Crippen molar-refractivity contribution < 1.29 is 9.66 Å². The Hall–Kier alpha value is -4.71. The van der Waals surface area contributed by atoms with E-state index in [1.54, 1.807) is 23.0 Å². The molecule has 0 atom stereocenters. The fraction of sp³-hybridized carbons (Fsp3) is 0.0870. The summed E-state index contributed by atoms with van der Waals surface area (Å²) in [7, 11) is 1.36. The minimum atomic E-state index is -0.529. The maximum absolute atomic E-state index is 13.0. The quantitative estimate of drug-likeness (QED) is 0.271. The number of rotatable bonds is 5. The van der Waals surface area contributed by atoms with Crippen LogP contribution in [0.2, 0.25) is 0 Å². The molecule has 2 aromatic carbocycles. The summed E-state index contributed by atoms with van der Waals surface area (Å²) in [6, 6.07) is 13.8. The first-order valence-electron chi connectivity index (χ1n) is 10.3. The molecule has 0 spiro atoms. The summed E-state index contributed by atoms with van der Waals surface area (Å²) in [5.41, 5.74) is 1.17. The molecule has 0 fully saturated rings. The van der Waals surface area contributed by atoms with Crippen molar-refractivity contribution in [2.24, 2.45) is 0 Å². The monoisotopic (exact) mass is 488 g/mol. The lowest BCUT2D eigenvalue weighted by Crippen LogP contribution is -2.27. The van der Waals surface area contributed by atoms with E-state index in [2.05, 4.69) is 15.2 Å². The first-order valence-corrected chi connectivity index (χ1v) is 11.1. The number of benzene rings is 2. The minimum absolute atomic E-state index is 0.118. The molecular weight excluding hydrogens is 472 g/mol. The summed E-state index contributed by atoms with van der Waals surface area (Å²) >= 11 is 1.02. The number of hydrogen-bond donors (Lipinski definition) is 0. The molecule has 3 heterocycles. The van der Waals surface area contributed by atoms with E-state index in [0.29, 0.717) is 16.8 Å². The van der Waals surface area contributed by atoms with Gasteiger partial charge in [0.1, 0.15) is 11.4 Å². The predicted molar refractivity (Wildman–Crippen MR) is 129 cm³/mol. The highest BCUT2D eigenvalue weighted by Gasteiger charge is 2.19. The number of ether oxygens (including phenoxy) is 1. The third kappa shape index (κ3) is 3.95. The molecular formula is C23H16N6O5S. The van der Waals surface area contributed by atoms with Gasteiger partial charge >= 0.3 is 5.69 Å². The number of hydrogen-bond acceptors (Lipinski definition) is 9. The lowest BCUT2D eigenvalue weighted by atomic mass is 10.1. The van der Waals surface area contributed by atoms with Gasteiger partial charge in [0.25, 0.3) is 11.1 Å². The summed E-state index contributed by atoms with van der Waals surface area (Å²) in [6.07, 6.45) is 3.33. The van der Waals surface area contributed by atoms with Crippen LogP contribution in [0.3, 0.4) is 0 Å². The molecule has 35 heavy (non-hydrogen) atoms. The Balaban J connectivity index is 1.76. The van der Waals surface area contributed by atoms with E-state index >= 15 is 0 Å². The van der Waals surface area contributed by atoms with E-state index in [0.717, 1.165) is 21.5 Å². The Morgan fingerprint density at radius 1 is 1.11 bits per heavy atom. The second-order valence-corrected chi connectivity index (χ2v) is 8.48. The molecule has 174 valence electrons. The van der Waals surface area contributed by atoms with Gasteiger partial charge in [0, 0.05) is 23.4 Å². The number of fused-ring (bicyclic) bond motifs is 1. The highest BCUT2D eigenvalue weighted by Crippen LogP contribution is 2.33. The Morgan fingerprint density at radius 2 is 1.89 bits per heavy atom. The number of nitrogens with zero attached hydrogens (tertiary/aromatic N) is 6. The zero-order chi connectivity index (χ0) is 24.7. The van der Waals surface area contributed by atoms with Gasteiger partial charge in [-0.15, -0.1) is 0 Å². The van der Waals surface area contributed by atoms with Crippen molar-refractivity contribution in [3.63, 3.8) is 0 Å². The molecule has 0 aliphatic carbocycles. The molecule has 0 unspecified atom stereocenters. The van der Waals surface area contributed by atoms with Gasteiger partial charge in [-0.05, 0) is 37.3 Å². The Labute approximate surface area is 200 Å². The third-order valence-electron chi connectivity index (χ3n) is 5.24. The number of para-hydroxylation sites is 1. The largest absolute Gasteiger partial charge is 0.490 e. The molecule has 5 rings (SSSR count). The van der Waals surface area contributed by atoms with Gasteiger partial charge in [-0.2, -0.15) is 19.7 Å². The average Bonchev–Trinajstić information content (AvgIpc) is 3.41. The number of aromatic nitrogens is 5. The van der Waals surface area contributed by atoms with Gasteiger partial charge in [0.15, 0.2) is 5.75 Å². The molecule has 0 saturated heterocycles. The number of thiazole rings is 1. The van der Waals surface area contributed by atoms with E-state index in [1.807, 2.05) is 30.3 Å². The van der Waals surface area contributed by atoms with Crippen molar-refractivity contribution in [1.29, 1.82) is 0 Å². The number of aryl methyl sites for hydroxylation is 1. The second kappa shape index (κ2) is 8.57. The molecule has 0 aliphatic heterocycles. The van der Waals surface area contributed by atoms with E-state index in [9.17, 15) is 19.7 Å². The average molecular weight is 488 g/mol. The summed E-state index contributed by atoms with van der Waals surface area (Å²) in [6.45, 7) is 1.49. The van der Waals surface area contributed by atoms with Crippen LogP contribution in [0.4, 0.5) is 5.69 Å². The topological polar surface area (TPSA) is 135 Å². The molecule has 0 bridgehead atoms. The van der Waals surface area contributed by atoms with Crippen molar-refractivity contribution in [2.45, 2.75) is 6.92 Å². The van der Waals surface area contributed by atoms with Crippen LogP contribution in [0.15, 0.2) is 64.3 Å².